The molecule has 0 spiro atoms. The highest BCUT2D eigenvalue weighted by Crippen LogP contribution is 2.23. The quantitative estimate of drug-likeness (QED) is 0.597. The van der Waals surface area contributed by atoms with E-state index in [0.29, 0.717) is 0 Å². The highest BCUT2D eigenvalue weighted by Gasteiger charge is 2.12. The highest BCUT2D eigenvalue weighted by atomic mass is 14.9. The van der Waals surface area contributed by atoms with Crippen LogP contribution < -0.4 is 5.32 Å². The number of anilines is 1. The van der Waals surface area contributed by atoms with Gasteiger partial charge in [-0.05, 0) is 30.0 Å². The van der Waals surface area contributed by atoms with Gasteiger partial charge in [0.25, 0.3) is 0 Å². The molecule has 0 unspecified atom stereocenters. The molecule has 0 saturated heterocycles. The summed E-state index contributed by atoms with van der Waals surface area (Å²) < 4.78 is 0. The first-order chi connectivity index (χ1) is 7.54. The number of benzene rings is 1. The summed E-state index contributed by atoms with van der Waals surface area (Å²) in [5.41, 5.74) is 2.77. The van der Waals surface area contributed by atoms with Gasteiger partial charge in [-0.1, -0.05) is 32.9 Å². The molecule has 0 heterocycles. The Bertz CT molecular complexity index is 371. The molecule has 86 valence electrons. The fourth-order valence-electron chi connectivity index (χ4n) is 1.48. The van der Waals surface area contributed by atoms with Crippen LogP contribution in [0.1, 0.15) is 39.7 Å². The lowest BCUT2D eigenvalue weighted by molar-refractivity contribution is 0.590. The standard InChI is InChI=1S/C15H21N/c1-5-6-7-12-16-14-10-8-13(9-11-14)15(2,3)4/h8-11,16H,7,12H2,1-4H3. The van der Waals surface area contributed by atoms with Crippen LogP contribution in [0.2, 0.25) is 0 Å². The molecule has 1 aromatic rings. The van der Waals surface area contributed by atoms with Gasteiger partial charge in [-0.25, -0.2) is 0 Å². The van der Waals surface area contributed by atoms with E-state index in [1.54, 1.807) is 0 Å². The summed E-state index contributed by atoms with van der Waals surface area (Å²) in [4.78, 5) is 0. The molecule has 0 aliphatic rings. The highest BCUT2D eigenvalue weighted by molar-refractivity contribution is 5.45. The smallest absolute Gasteiger partial charge is 0.0340 e. The van der Waals surface area contributed by atoms with Gasteiger partial charge < -0.3 is 5.32 Å². The SMILES string of the molecule is CC#CCCNc1ccc(C(C)(C)C)cc1. The zero-order chi connectivity index (χ0) is 12.0. The van der Waals surface area contributed by atoms with Gasteiger partial charge >= 0.3 is 0 Å². The molecule has 0 saturated carbocycles. The van der Waals surface area contributed by atoms with Crippen molar-refractivity contribution in [3.8, 4) is 11.8 Å². The summed E-state index contributed by atoms with van der Waals surface area (Å²) in [5.74, 6) is 5.93. The van der Waals surface area contributed by atoms with Crippen molar-refractivity contribution in [1.29, 1.82) is 0 Å². The maximum Gasteiger partial charge on any atom is 0.0340 e. The molecule has 1 aromatic carbocycles. The summed E-state index contributed by atoms with van der Waals surface area (Å²) >= 11 is 0. The van der Waals surface area contributed by atoms with Crippen molar-refractivity contribution in [1.82, 2.24) is 0 Å². The number of nitrogens with one attached hydrogen (secondary N) is 1. The second kappa shape index (κ2) is 5.61. The molecule has 1 nitrogen and oxygen atoms in total. The molecule has 0 aliphatic carbocycles. The summed E-state index contributed by atoms with van der Waals surface area (Å²) in [7, 11) is 0. The van der Waals surface area contributed by atoms with Crippen LogP contribution in [0.15, 0.2) is 24.3 Å². The number of hydrogen-bond donors (Lipinski definition) is 1. The third kappa shape index (κ3) is 3.98. The maximum atomic E-state index is 3.36. The molecule has 1 heteroatoms. The van der Waals surface area contributed by atoms with Gasteiger partial charge in [-0.2, -0.15) is 0 Å². The van der Waals surface area contributed by atoms with Gasteiger partial charge in [0.15, 0.2) is 0 Å². The van der Waals surface area contributed by atoms with E-state index in [-0.39, 0.29) is 5.41 Å². The van der Waals surface area contributed by atoms with Crippen molar-refractivity contribution in [2.24, 2.45) is 0 Å². The van der Waals surface area contributed by atoms with Gasteiger partial charge in [0.1, 0.15) is 0 Å². The molecule has 0 aromatic heterocycles. The van der Waals surface area contributed by atoms with Crippen LogP contribution in [-0.4, -0.2) is 6.54 Å². The Balaban J connectivity index is 2.54. The van der Waals surface area contributed by atoms with Gasteiger partial charge in [-0.15, -0.1) is 11.8 Å². The molecular weight excluding hydrogens is 194 g/mol. The van der Waals surface area contributed by atoms with E-state index in [0.717, 1.165) is 13.0 Å². The van der Waals surface area contributed by atoms with Crippen LogP contribution in [0, 0.1) is 11.8 Å². The van der Waals surface area contributed by atoms with Gasteiger partial charge in [0.2, 0.25) is 0 Å². The Morgan fingerprint density at radius 2 is 1.75 bits per heavy atom. The van der Waals surface area contributed by atoms with Crippen molar-refractivity contribution < 1.29 is 0 Å². The third-order valence-corrected chi connectivity index (χ3v) is 2.51. The van der Waals surface area contributed by atoms with Crippen LogP contribution in [-0.2, 0) is 5.41 Å². The minimum atomic E-state index is 0.228. The Morgan fingerprint density at radius 3 is 2.25 bits per heavy atom. The molecule has 16 heavy (non-hydrogen) atoms. The molecule has 0 atom stereocenters. The average Bonchev–Trinajstić information content (AvgIpc) is 2.24. The van der Waals surface area contributed by atoms with Gasteiger partial charge in [-0.3, -0.25) is 0 Å². The predicted octanol–water partition coefficient (Wildman–Crippen LogP) is 3.81. The van der Waals surface area contributed by atoms with E-state index in [1.807, 2.05) is 6.92 Å². The Hall–Kier alpha value is -1.42. The molecule has 1 N–H and O–H groups in total. The zero-order valence-corrected chi connectivity index (χ0v) is 10.7. The Kier molecular flexibility index (Phi) is 4.43. The minimum Gasteiger partial charge on any atom is -0.384 e. The first-order valence-electron chi connectivity index (χ1n) is 5.78. The monoisotopic (exact) mass is 215 g/mol. The minimum absolute atomic E-state index is 0.228. The molecule has 0 aliphatic heterocycles. The third-order valence-electron chi connectivity index (χ3n) is 2.51. The number of rotatable bonds is 3. The number of hydrogen-bond acceptors (Lipinski definition) is 1. The summed E-state index contributed by atoms with van der Waals surface area (Å²) in [6.45, 7) is 9.47. The zero-order valence-electron chi connectivity index (χ0n) is 10.7. The Labute approximate surface area is 99.3 Å². The lowest BCUT2D eigenvalue weighted by Gasteiger charge is -2.19. The van der Waals surface area contributed by atoms with Crippen LogP contribution >= 0.6 is 0 Å². The lowest BCUT2D eigenvalue weighted by Crippen LogP contribution is -2.10. The molecule has 0 amide bonds. The first kappa shape index (κ1) is 12.6. The molecule has 0 radical (unpaired) electrons. The van der Waals surface area contributed by atoms with E-state index < -0.39 is 0 Å². The molecule has 0 bridgehead atoms. The predicted molar refractivity (Wildman–Crippen MR) is 71.7 cm³/mol. The van der Waals surface area contributed by atoms with Gasteiger partial charge in [0, 0.05) is 18.7 Å². The van der Waals surface area contributed by atoms with E-state index >= 15 is 0 Å². The topological polar surface area (TPSA) is 12.0 Å². The van der Waals surface area contributed by atoms with E-state index in [4.69, 9.17) is 0 Å². The van der Waals surface area contributed by atoms with Crippen LogP contribution in [0.5, 0.6) is 0 Å². The second-order valence-corrected chi connectivity index (χ2v) is 4.93. The summed E-state index contributed by atoms with van der Waals surface area (Å²) in [6, 6.07) is 8.65. The van der Waals surface area contributed by atoms with Crippen molar-refractivity contribution in [3.63, 3.8) is 0 Å². The fourth-order valence-corrected chi connectivity index (χ4v) is 1.48. The van der Waals surface area contributed by atoms with E-state index in [1.165, 1.54) is 11.3 Å². The fraction of sp³-hybridized carbons (Fsp3) is 0.467. The van der Waals surface area contributed by atoms with Crippen LogP contribution in [0.4, 0.5) is 5.69 Å². The summed E-state index contributed by atoms with van der Waals surface area (Å²) in [5, 5.41) is 3.36. The van der Waals surface area contributed by atoms with Crippen LogP contribution in [0.25, 0.3) is 0 Å². The maximum absolute atomic E-state index is 3.36. The Morgan fingerprint density at radius 1 is 1.12 bits per heavy atom. The molecular formula is C15H21N. The van der Waals surface area contributed by atoms with Gasteiger partial charge in [0.05, 0.1) is 0 Å². The summed E-state index contributed by atoms with van der Waals surface area (Å²) in [6.07, 6.45) is 0.900. The second-order valence-electron chi connectivity index (χ2n) is 4.93. The average molecular weight is 215 g/mol. The van der Waals surface area contributed by atoms with Crippen molar-refractivity contribution in [3.05, 3.63) is 29.8 Å². The normalized spacial score (nSPS) is 10.5. The van der Waals surface area contributed by atoms with E-state index in [9.17, 15) is 0 Å². The van der Waals surface area contributed by atoms with Crippen LogP contribution in [0.3, 0.4) is 0 Å². The molecule has 1 rings (SSSR count). The first-order valence-corrected chi connectivity index (χ1v) is 5.78. The lowest BCUT2D eigenvalue weighted by atomic mass is 9.87. The molecule has 0 fully saturated rings. The van der Waals surface area contributed by atoms with Crippen molar-refractivity contribution >= 4 is 5.69 Å². The van der Waals surface area contributed by atoms with E-state index in [2.05, 4.69) is 62.2 Å². The van der Waals surface area contributed by atoms with Crippen molar-refractivity contribution in [2.75, 3.05) is 11.9 Å². The van der Waals surface area contributed by atoms with Crippen molar-refractivity contribution in [2.45, 2.75) is 39.5 Å². The largest absolute Gasteiger partial charge is 0.384 e.